The average Bonchev–Trinajstić information content (AvgIpc) is 2.49. The molecule has 0 aliphatic carbocycles. The summed E-state index contributed by atoms with van der Waals surface area (Å²) in [5.74, 6) is 0.668. The monoisotopic (exact) mass is 287 g/mol. The minimum absolute atomic E-state index is 0.0580. The van der Waals surface area contributed by atoms with Crippen LogP contribution in [0, 0.1) is 0 Å². The van der Waals surface area contributed by atoms with E-state index in [2.05, 4.69) is 0 Å². The number of rotatable bonds is 2. The van der Waals surface area contributed by atoms with E-state index in [1.807, 2.05) is 24.3 Å². The third-order valence-electron chi connectivity index (χ3n) is 3.56. The summed E-state index contributed by atoms with van der Waals surface area (Å²) in [6.07, 6.45) is 0.678. The lowest BCUT2D eigenvalue weighted by Gasteiger charge is -2.25. The summed E-state index contributed by atoms with van der Waals surface area (Å²) in [6.45, 7) is 0.552. The SMILES string of the molecule is Nc1ccc(C(=O)C2CCOc3ccccc32)cc1Cl. The Hall–Kier alpha value is -2.00. The number of ether oxygens (including phenoxy) is 1. The number of carbonyl (C=O) groups excluding carboxylic acids is 1. The molecule has 2 aromatic rings. The Morgan fingerprint density at radius 1 is 1.25 bits per heavy atom. The van der Waals surface area contributed by atoms with Gasteiger partial charge < -0.3 is 10.5 Å². The van der Waals surface area contributed by atoms with Crippen LogP contribution in [-0.4, -0.2) is 12.4 Å². The maximum atomic E-state index is 12.7. The van der Waals surface area contributed by atoms with Gasteiger partial charge in [0.2, 0.25) is 0 Å². The molecule has 1 heterocycles. The molecule has 0 amide bonds. The van der Waals surface area contributed by atoms with Crippen molar-refractivity contribution in [2.75, 3.05) is 12.3 Å². The van der Waals surface area contributed by atoms with E-state index in [9.17, 15) is 4.79 Å². The fourth-order valence-corrected chi connectivity index (χ4v) is 2.68. The number of nitrogens with two attached hydrogens (primary N) is 1. The number of carbonyl (C=O) groups is 1. The predicted molar refractivity (Wildman–Crippen MR) is 79.5 cm³/mol. The van der Waals surface area contributed by atoms with Crippen molar-refractivity contribution < 1.29 is 9.53 Å². The second-order valence-electron chi connectivity index (χ2n) is 4.83. The number of ketones is 1. The molecule has 4 heteroatoms. The molecule has 1 aliphatic rings. The lowest BCUT2D eigenvalue weighted by Crippen LogP contribution is -2.21. The molecule has 3 nitrogen and oxygen atoms in total. The molecule has 0 saturated heterocycles. The molecule has 20 heavy (non-hydrogen) atoms. The highest BCUT2D eigenvalue weighted by molar-refractivity contribution is 6.33. The molecule has 1 aliphatic heterocycles. The van der Waals surface area contributed by atoms with Crippen LogP contribution >= 0.6 is 11.6 Å². The largest absolute Gasteiger partial charge is 0.493 e. The van der Waals surface area contributed by atoms with Gasteiger partial charge in [0.1, 0.15) is 5.75 Å². The van der Waals surface area contributed by atoms with Gasteiger partial charge in [-0.2, -0.15) is 0 Å². The first-order valence-electron chi connectivity index (χ1n) is 6.48. The van der Waals surface area contributed by atoms with Crippen molar-refractivity contribution in [1.82, 2.24) is 0 Å². The molecule has 0 radical (unpaired) electrons. The minimum atomic E-state index is -0.181. The first-order chi connectivity index (χ1) is 9.66. The maximum Gasteiger partial charge on any atom is 0.170 e. The minimum Gasteiger partial charge on any atom is -0.493 e. The molecule has 0 saturated carbocycles. The Kier molecular flexibility index (Phi) is 3.36. The van der Waals surface area contributed by atoms with E-state index in [0.29, 0.717) is 29.3 Å². The van der Waals surface area contributed by atoms with Gasteiger partial charge in [-0.25, -0.2) is 0 Å². The molecule has 2 N–H and O–H groups in total. The van der Waals surface area contributed by atoms with Crippen molar-refractivity contribution in [3.8, 4) is 5.75 Å². The van der Waals surface area contributed by atoms with E-state index in [-0.39, 0.29) is 11.7 Å². The molecule has 0 bridgehead atoms. The Labute approximate surface area is 122 Å². The van der Waals surface area contributed by atoms with Crippen molar-refractivity contribution in [2.24, 2.45) is 0 Å². The summed E-state index contributed by atoms with van der Waals surface area (Å²) >= 11 is 6.00. The molecule has 2 aromatic carbocycles. The van der Waals surface area contributed by atoms with Crippen LogP contribution in [0.4, 0.5) is 5.69 Å². The number of para-hydroxylation sites is 1. The van der Waals surface area contributed by atoms with Crippen LogP contribution in [0.15, 0.2) is 42.5 Å². The summed E-state index contributed by atoms with van der Waals surface area (Å²) in [4.78, 5) is 12.7. The lowest BCUT2D eigenvalue weighted by atomic mass is 9.86. The van der Waals surface area contributed by atoms with Crippen LogP contribution in [0.25, 0.3) is 0 Å². The highest BCUT2D eigenvalue weighted by atomic mass is 35.5. The quantitative estimate of drug-likeness (QED) is 0.677. The predicted octanol–water partition coefficient (Wildman–Crippen LogP) is 3.67. The lowest BCUT2D eigenvalue weighted by molar-refractivity contribution is 0.0933. The van der Waals surface area contributed by atoms with Crippen LogP contribution in [0.2, 0.25) is 5.02 Å². The van der Waals surface area contributed by atoms with E-state index < -0.39 is 0 Å². The number of Topliss-reactive ketones (excluding diaryl/α,β-unsaturated/α-hetero) is 1. The number of hydrogen-bond donors (Lipinski definition) is 1. The topological polar surface area (TPSA) is 52.3 Å². The molecular formula is C16H14ClNO2. The number of hydrogen-bond acceptors (Lipinski definition) is 3. The van der Waals surface area contributed by atoms with Crippen LogP contribution in [-0.2, 0) is 0 Å². The van der Waals surface area contributed by atoms with Crippen molar-refractivity contribution >= 4 is 23.1 Å². The fourth-order valence-electron chi connectivity index (χ4n) is 2.50. The third kappa shape index (κ3) is 2.25. The Balaban J connectivity index is 1.97. The third-order valence-corrected chi connectivity index (χ3v) is 3.89. The van der Waals surface area contributed by atoms with E-state index in [1.165, 1.54) is 0 Å². The van der Waals surface area contributed by atoms with Crippen molar-refractivity contribution in [3.05, 3.63) is 58.6 Å². The summed E-state index contributed by atoms with van der Waals surface area (Å²) in [5, 5.41) is 0.413. The van der Waals surface area contributed by atoms with Crippen molar-refractivity contribution in [3.63, 3.8) is 0 Å². The van der Waals surface area contributed by atoms with Gasteiger partial charge in [-0.15, -0.1) is 0 Å². The zero-order valence-corrected chi connectivity index (χ0v) is 11.6. The van der Waals surface area contributed by atoms with Crippen LogP contribution in [0.5, 0.6) is 5.75 Å². The number of nitrogen functional groups attached to an aromatic ring is 1. The molecule has 102 valence electrons. The van der Waals surface area contributed by atoms with Gasteiger partial charge in [0.05, 0.1) is 23.2 Å². The summed E-state index contributed by atoms with van der Waals surface area (Å²) in [7, 11) is 0. The molecule has 0 spiro atoms. The van der Waals surface area contributed by atoms with Crippen LogP contribution < -0.4 is 10.5 Å². The molecule has 3 rings (SSSR count). The molecule has 1 unspecified atom stereocenters. The highest BCUT2D eigenvalue weighted by Crippen LogP contribution is 2.36. The number of benzene rings is 2. The van der Waals surface area contributed by atoms with Gasteiger partial charge in [0.25, 0.3) is 0 Å². The second-order valence-corrected chi connectivity index (χ2v) is 5.24. The Morgan fingerprint density at radius 3 is 2.85 bits per heavy atom. The zero-order valence-electron chi connectivity index (χ0n) is 10.8. The fraction of sp³-hybridized carbons (Fsp3) is 0.188. The first-order valence-corrected chi connectivity index (χ1v) is 6.85. The van der Waals surface area contributed by atoms with E-state index in [4.69, 9.17) is 22.1 Å². The van der Waals surface area contributed by atoms with Crippen molar-refractivity contribution in [2.45, 2.75) is 12.3 Å². The summed E-state index contributed by atoms with van der Waals surface area (Å²) < 4.78 is 5.58. The number of halogens is 1. The first kappa shape index (κ1) is 13.0. The number of fused-ring (bicyclic) bond motifs is 1. The standard InChI is InChI=1S/C16H14ClNO2/c17-13-9-10(5-6-14(13)18)16(19)12-7-8-20-15-4-2-1-3-11(12)15/h1-6,9,12H,7-8,18H2. The summed E-state index contributed by atoms with van der Waals surface area (Å²) in [6, 6.07) is 12.7. The molecule has 0 fully saturated rings. The average molecular weight is 288 g/mol. The van der Waals surface area contributed by atoms with Gasteiger partial charge in [-0.05, 0) is 30.7 Å². The summed E-state index contributed by atoms with van der Waals surface area (Å²) in [5.41, 5.74) is 7.69. The van der Waals surface area contributed by atoms with Crippen LogP contribution in [0.3, 0.4) is 0 Å². The van der Waals surface area contributed by atoms with Gasteiger partial charge in [-0.3, -0.25) is 4.79 Å². The van der Waals surface area contributed by atoms with E-state index in [1.54, 1.807) is 18.2 Å². The van der Waals surface area contributed by atoms with Crippen molar-refractivity contribution in [1.29, 1.82) is 0 Å². The van der Waals surface area contributed by atoms with E-state index >= 15 is 0 Å². The highest BCUT2D eigenvalue weighted by Gasteiger charge is 2.28. The number of anilines is 1. The van der Waals surface area contributed by atoms with Crippen LogP contribution in [0.1, 0.15) is 28.3 Å². The van der Waals surface area contributed by atoms with Gasteiger partial charge in [-0.1, -0.05) is 29.8 Å². The molecule has 1 atom stereocenters. The zero-order chi connectivity index (χ0) is 14.1. The van der Waals surface area contributed by atoms with Gasteiger partial charge in [0, 0.05) is 11.1 Å². The van der Waals surface area contributed by atoms with Gasteiger partial charge in [0.15, 0.2) is 5.78 Å². The Morgan fingerprint density at radius 2 is 2.05 bits per heavy atom. The van der Waals surface area contributed by atoms with Gasteiger partial charge >= 0.3 is 0 Å². The molecular weight excluding hydrogens is 274 g/mol. The molecule has 0 aromatic heterocycles. The normalized spacial score (nSPS) is 17.1. The Bertz CT molecular complexity index is 669. The smallest absolute Gasteiger partial charge is 0.170 e. The maximum absolute atomic E-state index is 12.7. The second kappa shape index (κ2) is 5.17. The van der Waals surface area contributed by atoms with E-state index in [0.717, 1.165) is 11.3 Å².